The van der Waals surface area contributed by atoms with Crippen LogP contribution in [0, 0.1) is 0 Å². The summed E-state index contributed by atoms with van der Waals surface area (Å²) in [4.78, 5) is 38.6. The van der Waals surface area contributed by atoms with Crippen molar-refractivity contribution in [1.29, 1.82) is 0 Å². The second kappa shape index (κ2) is 9.99. The lowest BCUT2D eigenvalue weighted by molar-refractivity contribution is -0.133. The molecular weight excluding hydrogens is 432 g/mol. The van der Waals surface area contributed by atoms with Gasteiger partial charge in [0.1, 0.15) is 12.1 Å². The zero-order chi connectivity index (χ0) is 23.4. The van der Waals surface area contributed by atoms with Crippen LogP contribution in [0.2, 0.25) is 0 Å². The average molecular weight is 465 g/mol. The number of hydrogen-bond donors (Lipinski definition) is 2. The fraction of sp³-hybridized carbons (Fsp3) is 0.591. The van der Waals surface area contributed by atoms with Gasteiger partial charge in [-0.3, -0.25) is 14.5 Å². The average Bonchev–Trinajstić information content (AvgIpc) is 3.36. The van der Waals surface area contributed by atoms with Crippen LogP contribution in [0.3, 0.4) is 0 Å². The van der Waals surface area contributed by atoms with E-state index in [-0.39, 0.29) is 4.90 Å². The molecule has 2 fully saturated rings. The molecule has 0 saturated carbocycles. The third-order valence-corrected chi connectivity index (χ3v) is 7.93. The molecule has 4 amide bonds. The summed E-state index contributed by atoms with van der Waals surface area (Å²) in [6.07, 6.45) is 6.20. The van der Waals surface area contributed by atoms with Crippen LogP contribution in [0.15, 0.2) is 29.2 Å². The summed E-state index contributed by atoms with van der Waals surface area (Å²) in [6.45, 7) is 4.43. The lowest BCUT2D eigenvalue weighted by Crippen LogP contribution is -2.44. The van der Waals surface area contributed by atoms with E-state index in [1.807, 2.05) is 0 Å². The van der Waals surface area contributed by atoms with Crippen molar-refractivity contribution >= 4 is 33.6 Å². The summed E-state index contributed by atoms with van der Waals surface area (Å²) in [5, 5.41) is 5.34. The Morgan fingerprint density at radius 1 is 1.09 bits per heavy atom. The Morgan fingerprint density at radius 3 is 2.38 bits per heavy atom. The van der Waals surface area contributed by atoms with Gasteiger partial charge in [0.15, 0.2) is 0 Å². The minimum absolute atomic E-state index is 0.172. The van der Waals surface area contributed by atoms with Gasteiger partial charge in [-0.05, 0) is 50.5 Å². The molecule has 10 heteroatoms. The number of benzene rings is 1. The van der Waals surface area contributed by atoms with Crippen molar-refractivity contribution in [3.05, 3.63) is 24.3 Å². The van der Waals surface area contributed by atoms with Gasteiger partial charge in [-0.25, -0.2) is 13.2 Å². The normalized spacial score (nSPS) is 21.8. The quantitative estimate of drug-likeness (QED) is 0.408. The van der Waals surface area contributed by atoms with E-state index in [1.54, 1.807) is 6.92 Å². The number of unbranched alkanes of at least 4 members (excludes halogenated alkanes) is 3. The number of carbonyl (C=O) groups excluding carboxylic acids is 3. The Bertz CT molecular complexity index is 957. The van der Waals surface area contributed by atoms with Crippen molar-refractivity contribution in [2.75, 3.05) is 25.0 Å². The molecule has 176 valence electrons. The zero-order valence-electron chi connectivity index (χ0n) is 18.7. The summed E-state index contributed by atoms with van der Waals surface area (Å²) in [5.41, 5.74) is -0.596. The van der Waals surface area contributed by atoms with Crippen molar-refractivity contribution in [2.24, 2.45) is 0 Å². The molecule has 1 aromatic rings. The Balaban J connectivity index is 1.57. The Kier molecular flexibility index (Phi) is 7.55. The highest BCUT2D eigenvalue weighted by atomic mass is 32.2. The molecule has 0 bridgehead atoms. The number of anilines is 1. The molecule has 2 N–H and O–H groups in total. The van der Waals surface area contributed by atoms with Gasteiger partial charge in [-0.15, -0.1) is 0 Å². The second-order valence-electron chi connectivity index (χ2n) is 8.65. The fourth-order valence-corrected chi connectivity index (χ4v) is 5.61. The highest BCUT2D eigenvalue weighted by Gasteiger charge is 2.47. The van der Waals surface area contributed by atoms with Crippen LogP contribution in [-0.2, 0) is 19.6 Å². The van der Waals surface area contributed by atoms with E-state index in [0.29, 0.717) is 25.2 Å². The van der Waals surface area contributed by atoms with Gasteiger partial charge in [-0.2, -0.15) is 4.31 Å². The van der Waals surface area contributed by atoms with E-state index in [2.05, 4.69) is 17.6 Å². The molecule has 1 unspecified atom stereocenters. The lowest BCUT2D eigenvalue weighted by Gasteiger charge is -2.21. The first kappa shape index (κ1) is 24.2. The van der Waals surface area contributed by atoms with Crippen molar-refractivity contribution in [3.63, 3.8) is 0 Å². The minimum Gasteiger partial charge on any atom is -0.325 e. The number of urea groups is 1. The number of sulfonamides is 1. The van der Waals surface area contributed by atoms with Gasteiger partial charge < -0.3 is 10.6 Å². The molecule has 1 aromatic carbocycles. The zero-order valence-corrected chi connectivity index (χ0v) is 19.5. The first-order valence-electron chi connectivity index (χ1n) is 11.2. The van der Waals surface area contributed by atoms with E-state index < -0.39 is 40.0 Å². The number of amides is 4. The third-order valence-electron chi connectivity index (χ3n) is 6.02. The monoisotopic (exact) mass is 464 g/mol. The molecule has 2 heterocycles. The Labute approximate surface area is 189 Å². The molecule has 3 rings (SSSR count). The second-order valence-corrected chi connectivity index (χ2v) is 10.6. The standard InChI is InChI=1S/C22H32N4O5S/c1-3-4-5-6-13-22(2)20(28)26(21(29)24-22)16-19(27)23-17-9-11-18(12-10-17)32(30,31)25-14-7-8-15-25/h9-12H,3-8,13-16H2,1-2H3,(H,23,27)(H,24,29). The highest BCUT2D eigenvalue weighted by molar-refractivity contribution is 7.89. The van der Waals surface area contributed by atoms with E-state index in [4.69, 9.17) is 0 Å². The summed E-state index contributed by atoms with van der Waals surface area (Å²) >= 11 is 0. The predicted molar refractivity (Wildman–Crippen MR) is 120 cm³/mol. The number of nitrogens with zero attached hydrogens (tertiary/aromatic N) is 2. The van der Waals surface area contributed by atoms with Crippen LogP contribution in [-0.4, -0.2) is 60.6 Å². The minimum atomic E-state index is -3.53. The lowest BCUT2D eigenvalue weighted by atomic mass is 9.94. The van der Waals surface area contributed by atoms with Crippen molar-refractivity contribution < 1.29 is 22.8 Å². The number of imide groups is 1. The van der Waals surface area contributed by atoms with Gasteiger partial charge in [0.25, 0.3) is 5.91 Å². The van der Waals surface area contributed by atoms with Gasteiger partial charge in [-0.1, -0.05) is 32.6 Å². The molecule has 0 aromatic heterocycles. The molecule has 2 saturated heterocycles. The summed E-state index contributed by atoms with van der Waals surface area (Å²) in [6, 6.07) is 5.33. The van der Waals surface area contributed by atoms with Crippen LogP contribution in [0.25, 0.3) is 0 Å². The van der Waals surface area contributed by atoms with Crippen LogP contribution >= 0.6 is 0 Å². The largest absolute Gasteiger partial charge is 0.325 e. The first-order valence-corrected chi connectivity index (χ1v) is 12.7. The summed E-state index contributed by atoms with van der Waals surface area (Å²) < 4.78 is 26.6. The molecule has 0 spiro atoms. The Hall–Kier alpha value is -2.46. The number of carbonyl (C=O) groups is 3. The fourth-order valence-electron chi connectivity index (χ4n) is 4.10. The SMILES string of the molecule is CCCCCCC1(C)NC(=O)N(CC(=O)Nc2ccc(S(=O)(=O)N3CCCC3)cc2)C1=O. The molecule has 1 atom stereocenters. The molecule has 0 radical (unpaired) electrons. The van der Waals surface area contributed by atoms with Gasteiger partial charge in [0, 0.05) is 18.8 Å². The van der Waals surface area contributed by atoms with Gasteiger partial charge in [0.05, 0.1) is 4.90 Å². The van der Waals surface area contributed by atoms with Gasteiger partial charge >= 0.3 is 6.03 Å². The Morgan fingerprint density at radius 2 is 1.75 bits per heavy atom. The van der Waals surface area contributed by atoms with Crippen LogP contribution < -0.4 is 10.6 Å². The van der Waals surface area contributed by atoms with Crippen molar-refractivity contribution in [2.45, 2.75) is 69.2 Å². The maximum Gasteiger partial charge on any atom is 0.325 e. The molecular formula is C22H32N4O5S. The van der Waals surface area contributed by atoms with Crippen molar-refractivity contribution in [3.8, 4) is 0 Å². The van der Waals surface area contributed by atoms with Crippen LogP contribution in [0.5, 0.6) is 0 Å². The molecule has 0 aliphatic carbocycles. The molecule has 2 aliphatic rings. The van der Waals surface area contributed by atoms with E-state index in [9.17, 15) is 22.8 Å². The van der Waals surface area contributed by atoms with E-state index in [1.165, 1.54) is 28.6 Å². The summed E-state index contributed by atoms with van der Waals surface area (Å²) in [7, 11) is -3.53. The number of hydrogen-bond acceptors (Lipinski definition) is 5. The number of nitrogens with one attached hydrogen (secondary N) is 2. The smallest absolute Gasteiger partial charge is 0.325 e. The van der Waals surface area contributed by atoms with E-state index >= 15 is 0 Å². The first-order chi connectivity index (χ1) is 15.2. The molecule has 2 aliphatic heterocycles. The molecule has 32 heavy (non-hydrogen) atoms. The summed E-state index contributed by atoms with van der Waals surface area (Å²) in [5.74, 6) is -0.930. The van der Waals surface area contributed by atoms with Crippen molar-refractivity contribution in [1.82, 2.24) is 14.5 Å². The van der Waals surface area contributed by atoms with E-state index in [0.717, 1.165) is 43.4 Å². The van der Waals surface area contributed by atoms with Crippen LogP contribution in [0.4, 0.5) is 10.5 Å². The number of rotatable bonds is 10. The van der Waals surface area contributed by atoms with Crippen LogP contribution in [0.1, 0.15) is 58.8 Å². The topological polar surface area (TPSA) is 116 Å². The third kappa shape index (κ3) is 5.29. The van der Waals surface area contributed by atoms with Gasteiger partial charge in [0.2, 0.25) is 15.9 Å². The predicted octanol–water partition coefficient (Wildman–Crippen LogP) is 2.69. The maximum atomic E-state index is 12.8. The highest BCUT2D eigenvalue weighted by Crippen LogP contribution is 2.25. The maximum absolute atomic E-state index is 12.8. The molecule has 9 nitrogen and oxygen atoms in total.